The summed E-state index contributed by atoms with van der Waals surface area (Å²) in [5.41, 5.74) is 5.87. The van der Waals surface area contributed by atoms with Crippen molar-refractivity contribution in [3.63, 3.8) is 0 Å². The van der Waals surface area contributed by atoms with Crippen LogP contribution in [-0.4, -0.2) is 40.7 Å². The number of thiophene rings is 1. The van der Waals surface area contributed by atoms with Crippen molar-refractivity contribution in [2.24, 2.45) is 0 Å². The molecule has 1 aliphatic rings. The quantitative estimate of drug-likeness (QED) is 0.539. The van der Waals surface area contributed by atoms with Crippen LogP contribution in [-0.2, 0) is 11.2 Å². The Labute approximate surface area is 198 Å². The molecule has 1 saturated heterocycles. The summed E-state index contributed by atoms with van der Waals surface area (Å²) in [4.78, 5) is 44.8. The topological polar surface area (TPSA) is 91.4 Å². The molecule has 33 heavy (non-hydrogen) atoms. The molecular formula is C23H23FN4O3S2. The van der Waals surface area contributed by atoms with Crippen LogP contribution < -0.4 is 10.9 Å². The normalized spacial score (nSPS) is 14.2. The summed E-state index contributed by atoms with van der Waals surface area (Å²) in [6, 6.07) is 9.53. The maximum absolute atomic E-state index is 13.0. The number of hydrazine groups is 1. The smallest absolute Gasteiger partial charge is 0.289 e. The van der Waals surface area contributed by atoms with E-state index in [4.69, 9.17) is 0 Å². The molecule has 4 rings (SSSR count). The van der Waals surface area contributed by atoms with Gasteiger partial charge in [-0.25, -0.2) is 9.37 Å². The first kappa shape index (κ1) is 23.1. The van der Waals surface area contributed by atoms with Gasteiger partial charge in [0.1, 0.15) is 11.5 Å². The van der Waals surface area contributed by atoms with E-state index in [-0.39, 0.29) is 35.7 Å². The van der Waals surface area contributed by atoms with Gasteiger partial charge >= 0.3 is 0 Å². The first-order valence-corrected chi connectivity index (χ1v) is 12.2. The number of benzene rings is 1. The second-order valence-corrected chi connectivity index (χ2v) is 10.0. The third kappa shape index (κ3) is 5.82. The van der Waals surface area contributed by atoms with E-state index in [1.807, 2.05) is 17.9 Å². The van der Waals surface area contributed by atoms with Crippen molar-refractivity contribution in [2.75, 3.05) is 13.1 Å². The zero-order valence-corrected chi connectivity index (χ0v) is 19.6. The number of aromatic nitrogens is 1. The summed E-state index contributed by atoms with van der Waals surface area (Å²) in [6.07, 6.45) is 1.78. The third-order valence-corrected chi connectivity index (χ3v) is 7.48. The van der Waals surface area contributed by atoms with Gasteiger partial charge in [0.15, 0.2) is 0 Å². The van der Waals surface area contributed by atoms with Gasteiger partial charge < -0.3 is 4.90 Å². The van der Waals surface area contributed by atoms with Crippen LogP contribution in [0.3, 0.4) is 0 Å². The van der Waals surface area contributed by atoms with Gasteiger partial charge in [-0.15, -0.1) is 22.7 Å². The van der Waals surface area contributed by atoms with E-state index in [1.54, 1.807) is 23.6 Å². The molecule has 3 heterocycles. The summed E-state index contributed by atoms with van der Waals surface area (Å²) in [7, 11) is 0. The molecule has 2 aromatic heterocycles. The minimum Gasteiger partial charge on any atom is -0.342 e. The number of amides is 3. The number of carbonyl (C=O) groups is 3. The number of likely N-dealkylation sites (tertiary alicyclic amines) is 1. The number of nitrogens with one attached hydrogen (secondary N) is 2. The summed E-state index contributed by atoms with van der Waals surface area (Å²) in [6.45, 7) is 3.13. The van der Waals surface area contributed by atoms with E-state index in [9.17, 15) is 18.8 Å². The van der Waals surface area contributed by atoms with E-state index < -0.39 is 5.91 Å². The van der Waals surface area contributed by atoms with Gasteiger partial charge in [-0.2, -0.15) is 0 Å². The molecule has 10 heteroatoms. The monoisotopic (exact) mass is 486 g/mol. The number of halogens is 1. The fraction of sp³-hybridized carbons (Fsp3) is 0.304. The third-order valence-electron chi connectivity index (χ3n) is 5.47. The summed E-state index contributed by atoms with van der Waals surface area (Å²) in [5.74, 6) is -0.949. The molecule has 3 amide bonds. The van der Waals surface area contributed by atoms with Crippen LogP contribution in [0.25, 0.3) is 0 Å². The Morgan fingerprint density at radius 2 is 1.76 bits per heavy atom. The minimum atomic E-state index is -0.467. The largest absolute Gasteiger partial charge is 0.342 e. The number of aryl methyl sites for hydroxylation is 1. The Bertz CT molecular complexity index is 1150. The van der Waals surface area contributed by atoms with E-state index in [2.05, 4.69) is 15.8 Å². The number of hydrogen-bond donors (Lipinski definition) is 2. The van der Waals surface area contributed by atoms with Gasteiger partial charge in [-0.05, 0) is 49.6 Å². The summed E-state index contributed by atoms with van der Waals surface area (Å²) in [5, 5.41) is 2.53. The van der Waals surface area contributed by atoms with Crippen molar-refractivity contribution in [1.29, 1.82) is 0 Å². The van der Waals surface area contributed by atoms with Crippen molar-refractivity contribution in [3.05, 3.63) is 73.6 Å². The number of nitrogens with zero attached hydrogens (tertiary/aromatic N) is 2. The Balaban J connectivity index is 1.26. The van der Waals surface area contributed by atoms with E-state index >= 15 is 0 Å². The maximum Gasteiger partial charge on any atom is 0.289 e. The fourth-order valence-electron chi connectivity index (χ4n) is 3.64. The second kappa shape index (κ2) is 10.2. The lowest BCUT2D eigenvalue weighted by molar-refractivity contribution is -0.131. The van der Waals surface area contributed by atoms with Gasteiger partial charge in [0.05, 0.1) is 16.3 Å². The van der Waals surface area contributed by atoms with Crippen molar-refractivity contribution in [2.45, 2.75) is 32.1 Å². The van der Waals surface area contributed by atoms with Gasteiger partial charge in [0, 0.05) is 29.3 Å². The molecule has 7 nitrogen and oxygen atoms in total. The van der Waals surface area contributed by atoms with Crippen LogP contribution in [0.5, 0.6) is 0 Å². The van der Waals surface area contributed by atoms with Gasteiger partial charge in [-0.1, -0.05) is 12.1 Å². The predicted molar refractivity (Wildman–Crippen MR) is 125 cm³/mol. The number of piperidine rings is 1. The van der Waals surface area contributed by atoms with Crippen LogP contribution in [0.4, 0.5) is 4.39 Å². The Morgan fingerprint density at radius 1 is 1.06 bits per heavy atom. The SMILES string of the molecule is Cc1ccc(C(=O)NNC(=O)c2csc(C3CCN(C(=O)Cc4ccc(F)cc4)CC3)n2)s1. The standard InChI is InChI=1S/C23H23FN4O3S2/c1-14-2-7-19(33-14)22(31)27-26-21(30)18-13-32-23(25-18)16-8-10-28(11-9-16)20(29)12-15-3-5-17(24)6-4-15/h2-7,13,16H,8-12H2,1H3,(H,26,30)(H,27,31). The molecule has 1 fully saturated rings. The molecule has 0 radical (unpaired) electrons. The average molecular weight is 487 g/mol. The highest BCUT2D eigenvalue weighted by Gasteiger charge is 2.26. The molecule has 0 saturated carbocycles. The Hall–Kier alpha value is -3.11. The average Bonchev–Trinajstić information content (AvgIpc) is 3.48. The zero-order chi connectivity index (χ0) is 23.4. The van der Waals surface area contributed by atoms with Crippen molar-refractivity contribution < 1.29 is 18.8 Å². The zero-order valence-electron chi connectivity index (χ0n) is 18.0. The Kier molecular flexibility index (Phi) is 7.14. The fourth-order valence-corrected chi connectivity index (χ4v) is 5.37. The molecular weight excluding hydrogens is 463 g/mol. The second-order valence-electron chi connectivity index (χ2n) is 7.85. The van der Waals surface area contributed by atoms with Crippen LogP contribution in [0.1, 0.15) is 54.4 Å². The highest BCUT2D eigenvalue weighted by molar-refractivity contribution is 7.14. The predicted octanol–water partition coefficient (Wildman–Crippen LogP) is 3.68. The van der Waals surface area contributed by atoms with E-state index in [0.29, 0.717) is 18.0 Å². The molecule has 0 atom stereocenters. The lowest BCUT2D eigenvalue weighted by Crippen LogP contribution is -2.41. The first-order valence-electron chi connectivity index (χ1n) is 10.5. The van der Waals surface area contributed by atoms with Crippen LogP contribution in [0, 0.1) is 12.7 Å². The number of carbonyl (C=O) groups excluding carboxylic acids is 3. The molecule has 0 aliphatic carbocycles. The number of hydrogen-bond acceptors (Lipinski definition) is 6. The maximum atomic E-state index is 13.0. The summed E-state index contributed by atoms with van der Waals surface area (Å²) >= 11 is 2.76. The molecule has 0 spiro atoms. The molecule has 1 aliphatic heterocycles. The van der Waals surface area contributed by atoms with Crippen LogP contribution in [0.2, 0.25) is 0 Å². The van der Waals surface area contributed by atoms with Gasteiger partial charge in [0.25, 0.3) is 11.8 Å². The number of rotatable bonds is 5. The van der Waals surface area contributed by atoms with Crippen LogP contribution in [0.15, 0.2) is 41.8 Å². The molecule has 3 aromatic rings. The number of thiazole rings is 1. The highest BCUT2D eigenvalue weighted by atomic mass is 32.1. The summed E-state index contributed by atoms with van der Waals surface area (Å²) < 4.78 is 13.0. The minimum absolute atomic E-state index is 0.0240. The van der Waals surface area contributed by atoms with Crippen molar-refractivity contribution in [3.8, 4) is 0 Å². The van der Waals surface area contributed by atoms with E-state index in [0.717, 1.165) is 28.3 Å². The van der Waals surface area contributed by atoms with Crippen molar-refractivity contribution in [1.82, 2.24) is 20.7 Å². The Morgan fingerprint density at radius 3 is 2.42 bits per heavy atom. The van der Waals surface area contributed by atoms with Gasteiger partial charge in [-0.3, -0.25) is 25.2 Å². The molecule has 2 N–H and O–H groups in total. The first-order chi connectivity index (χ1) is 15.9. The molecule has 0 unspecified atom stereocenters. The lowest BCUT2D eigenvalue weighted by atomic mass is 9.97. The van der Waals surface area contributed by atoms with Gasteiger partial charge in [0.2, 0.25) is 5.91 Å². The lowest BCUT2D eigenvalue weighted by Gasteiger charge is -2.31. The molecule has 172 valence electrons. The van der Waals surface area contributed by atoms with E-state index in [1.165, 1.54) is 34.8 Å². The molecule has 1 aromatic carbocycles. The molecule has 0 bridgehead atoms. The van der Waals surface area contributed by atoms with Crippen molar-refractivity contribution >= 4 is 40.4 Å². The van der Waals surface area contributed by atoms with Crippen LogP contribution >= 0.6 is 22.7 Å². The highest BCUT2D eigenvalue weighted by Crippen LogP contribution is 2.30.